The summed E-state index contributed by atoms with van der Waals surface area (Å²) in [5, 5.41) is 6.04. The van der Waals surface area contributed by atoms with Crippen molar-refractivity contribution < 1.29 is 19.1 Å². The molecule has 36 heavy (non-hydrogen) atoms. The number of hydrogen-bond donors (Lipinski definition) is 2. The Labute approximate surface area is 217 Å². The molecule has 0 bridgehead atoms. The number of ether oxygens (including phenoxy) is 1. The molecule has 0 spiro atoms. The van der Waals surface area contributed by atoms with Gasteiger partial charge >= 0.3 is 6.09 Å². The molecule has 2 unspecified atom stereocenters. The first kappa shape index (κ1) is 29.7. The Hall–Kier alpha value is -2.57. The maximum atomic E-state index is 14.3. The Morgan fingerprint density at radius 2 is 1.58 bits per heavy atom. The minimum absolute atomic E-state index is 0.111. The van der Waals surface area contributed by atoms with Crippen LogP contribution in [0.2, 0.25) is 0 Å². The molecule has 1 saturated carbocycles. The maximum absolute atomic E-state index is 14.3. The lowest BCUT2D eigenvalue weighted by molar-refractivity contribution is -0.150. The summed E-state index contributed by atoms with van der Waals surface area (Å²) in [7, 11) is 0. The third-order valence-corrected chi connectivity index (χ3v) is 6.93. The van der Waals surface area contributed by atoms with E-state index in [0.29, 0.717) is 6.42 Å². The van der Waals surface area contributed by atoms with Crippen molar-refractivity contribution in [1.82, 2.24) is 15.5 Å². The first-order chi connectivity index (χ1) is 16.8. The van der Waals surface area contributed by atoms with Gasteiger partial charge in [-0.3, -0.25) is 9.59 Å². The van der Waals surface area contributed by atoms with Gasteiger partial charge in [-0.2, -0.15) is 0 Å². The molecular formula is C29H47N3O4. The number of benzene rings is 1. The summed E-state index contributed by atoms with van der Waals surface area (Å²) in [6, 6.07) is 7.90. The van der Waals surface area contributed by atoms with Gasteiger partial charge in [0.25, 0.3) is 0 Å². The summed E-state index contributed by atoms with van der Waals surface area (Å²) >= 11 is 0. The molecule has 3 amide bonds. The molecule has 7 nitrogen and oxygen atoms in total. The van der Waals surface area contributed by atoms with Crippen LogP contribution in [-0.2, 0) is 14.3 Å². The SMILES string of the molecule is CCC(C)(C)N(C(=O)C(NC(=O)OC(C)(C)C)C(C)C)C(C(=O)NC1CCCCC1)c1ccccc1. The number of nitrogens with one attached hydrogen (secondary N) is 2. The van der Waals surface area contributed by atoms with Gasteiger partial charge in [0.1, 0.15) is 17.7 Å². The average molecular weight is 502 g/mol. The lowest BCUT2D eigenvalue weighted by Gasteiger charge is -2.45. The molecule has 0 saturated heterocycles. The molecule has 202 valence electrons. The Bertz CT molecular complexity index is 870. The van der Waals surface area contributed by atoms with Gasteiger partial charge in [-0.25, -0.2) is 4.79 Å². The third kappa shape index (κ3) is 8.24. The lowest BCUT2D eigenvalue weighted by Crippen LogP contribution is -2.61. The van der Waals surface area contributed by atoms with Crippen LogP contribution < -0.4 is 10.6 Å². The molecule has 1 aromatic rings. The first-order valence-corrected chi connectivity index (χ1v) is 13.4. The van der Waals surface area contributed by atoms with Gasteiger partial charge in [-0.1, -0.05) is 70.4 Å². The highest BCUT2D eigenvalue weighted by molar-refractivity contribution is 5.93. The van der Waals surface area contributed by atoms with E-state index < -0.39 is 29.3 Å². The van der Waals surface area contributed by atoms with Gasteiger partial charge in [0.15, 0.2) is 0 Å². The molecule has 7 heteroatoms. The molecule has 1 fully saturated rings. The summed E-state index contributed by atoms with van der Waals surface area (Å²) in [6.45, 7) is 15.1. The van der Waals surface area contributed by atoms with E-state index in [0.717, 1.165) is 31.2 Å². The number of alkyl carbamates (subject to hydrolysis) is 1. The molecule has 2 atom stereocenters. The highest BCUT2D eigenvalue weighted by Crippen LogP contribution is 2.33. The Balaban J connectivity index is 2.50. The molecular weight excluding hydrogens is 454 g/mol. The minimum Gasteiger partial charge on any atom is -0.444 e. The highest BCUT2D eigenvalue weighted by Gasteiger charge is 2.44. The topological polar surface area (TPSA) is 87.7 Å². The largest absolute Gasteiger partial charge is 0.444 e. The predicted molar refractivity (Wildman–Crippen MR) is 143 cm³/mol. The first-order valence-electron chi connectivity index (χ1n) is 13.4. The summed E-state index contributed by atoms with van der Waals surface area (Å²) in [4.78, 5) is 42.5. The fourth-order valence-electron chi connectivity index (χ4n) is 4.62. The van der Waals surface area contributed by atoms with Crippen LogP contribution in [0.5, 0.6) is 0 Å². The van der Waals surface area contributed by atoms with Crippen LogP contribution in [0.4, 0.5) is 4.79 Å². The van der Waals surface area contributed by atoms with Gasteiger partial charge in [0, 0.05) is 11.6 Å². The zero-order valence-corrected chi connectivity index (χ0v) is 23.5. The molecule has 0 aliphatic heterocycles. The predicted octanol–water partition coefficient (Wildman–Crippen LogP) is 5.74. The minimum atomic E-state index is -0.848. The van der Waals surface area contributed by atoms with Crippen LogP contribution in [0.3, 0.4) is 0 Å². The van der Waals surface area contributed by atoms with E-state index in [2.05, 4.69) is 10.6 Å². The standard InChI is InChI=1S/C29H47N3O4/c1-9-29(7,8)32(26(34)23(20(2)3)31-27(35)36-28(4,5)6)24(21-16-12-10-13-17-21)25(33)30-22-18-14-11-15-19-22/h10,12-13,16-17,20,22-24H,9,11,14-15,18-19H2,1-8H3,(H,30,33)(H,31,35). The van der Waals surface area contributed by atoms with Crippen molar-refractivity contribution in [2.45, 2.75) is 123 Å². The van der Waals surface area contributed by atoms with Crippen molar-refractivity contribution >= 4 is 17.9 Å². The van der Waals surface area contributed by atoms with E-state index in [4.69, 9.17) is 4.74 Å². The van der Waals surface area contributed by atoms with Crippen molar-refractivity contribution in [1.29, 1.82) is 0 Å². The van der Waals surface area contributed by atoms with Crippen molar-refractivity contribution in [3.63, 3.8) is 0 Å². The number of carbonyl (C=O) groups is 3. The summed E-state index contributed by atoms with van der Waals surface area (Å²) in [6.07, 6.45) is 5.27. The molecule has 1 aliphatic carbocycles. The van der Waals surface area contributed by atoms with Crippen molar-refractivity contribution in [3.05, 3.63) is 35.9 Å². The molecule has 2 rings (SSSR count). The highest BCUT2D eigenvalue weighted by atomic mass is 16.6. The fraction of sp³-hybridized carbons (Fsp3) is 0.690. The van der Waals surface area contributed by atoms with E-state index >= 15 is 0 Å². The van der Waals surface area contributed by atoms with E-state index in [1.54, 1.807) is 25.7 Å². The van der Waals surface area contributed by atoms with E-state index in [-0.39, 0.29) is 23.8 Å². The smallest absolute Gasteiger partial charge is 0.408 e. The van der Waals surface area contributed by atoms with Crippen LogP contribution in [-0.4, -0.2) is 46.0 Å². The van der Waals surface area contributed by atoms with Crippen molar-refractivity contribution in [3.8, 4) is 0 Å². The van der Waals surface area contributed by atoms with Crippen LogP contribution in [0.25, 0.3) is 0 Å². The van der Waals surface area contributed by atoms with Gasteiger partial charge in [0.2, 0.25) is 11.8 Å². The summed E-state index contributed by atoms with van der Waals surface area (Å²) in [5.74, 6) is -0.684. The van der Waals surface area contributed by atoms with Crippen molar-refractivity contribution in [2.24, 2.45) is 5.92 Å². The Morgan fingerprint density at radius 1 is 1.00 bits per heavy atom. The molecule has 0 heterocycles. The van der Waals surface area contributed by atoms with Crippen LogP contribution in [0.15, 0.2) is 30.3 Å². The van der Waals surface area contributed by atoms with Gasteiger partial charge < -0.3 is 20.3 Å². The Morgan fingerprint density at radius 3 is 2.08 bits per heavy atom. The molecule has 1 aromatic carbocycles. The normalized spacial score (nSPS) is 16.7. The average Bonchev–Trinajstić information content (AvgIpc) is 2.80. The second-order valence-corrected chi connectivity index (χ2v) is 11.9. The van der Waals surface area contributed by atoms with Gasteiger partial charge in [-0.05, 0) is 65.4 Å². The van der Waals surface area contributed by atoms with Gasteiger partial charge in [0.05, 0.1) is 0 Å². The number of rotatable bonds is 9. The monoisotopic (exact) mass is 501 g/mol. The van der Waals surface area contributed by atoms with Crippen molar-refractivity contribution in [2.75, 3.05) is 0 Å². The number of amides is 3. The molecule has 2 N–H and O–H groups in total. The second kappa shape index (κ2) is 12.6. The molecule has 0 radical (unpaired) electrons. The number of hydrogen-bond acceptors (Lipinski definition) is 4. The van der Waals surface area contributed by atoms with Crippen LogP contribution in [0, 0.1) is 5.92 Å². The third-order valence-electron chi connectivity index (χ3n) is 6.93. The summed E-state index contributed by atoms with van der Waals surface area (Å²) < 4.78 is 5.45. The zero-order chi connectivity index (χ0) is 27.1. The lowest BCUT2D eigenvalue weighted by atomic mass is 9.89. The zero-order valence-electron chi connectivity index (χ0n) is 23.5. The molecule has 1 aliphatic rings. The number of nitrogens with zero attached hydrogens (tertiary/aromatic N) is 1. The Kier molecular flexibility index (Phi) is 10.4. The molecule has 0 aromatic heterocycles. The van der Waals surface area contributed by atoms with Crippen LogP contribution >= 0.6 is 0 Å². The fourth-order valence-corrected chi connectivity index (χ4v) is 4.62. The number of carbonyl (C=O) groups excluding carboxylic acids is 3. The van der Waals surface area contributed by atoms with Gasteiger partial charge in [-0.15, -0.1) is 0 Å². The van der Waals surface area contributed by atoms with Crippen LogP contribution in [0.1, 0.15) is 106 Å². The second-order valence-electron chi connectivity index (χ2n) is 11.9. The van der Waals surface area contributed by atoms with E-state index in [1.807, 2.05) is 65.0 Å². The van der Waals surface area contributed by atoms with E-state index in [9.17, 15) is 14.4 Å². The van der Waals surface area contributed by atoms with E-state index in [1.165, 1.54) is 6.42 Å². The quantitative estimate of drug-likeness (QED) is 0.451. The summed E-state index contributed by atoms with van der Waals surface area (Å²) in [5.41, 5.74) is -0.589. The maximum Gasteiger partial charge on any atom is 0.408 e.